The molecule has 1 saturated heterocycles. The maximum atomic E-state index is 10.3. The Morgan fingerprint density at radius 1 is 1.13 bits per heavy atom. The van der Waals surface area contributed by atoms with Crippen LogP contribution in [0.15, 0.2) is 30.7 Å². The SMILES string of the molecule is CCn1cncc1CN(Cc1ccc(OC)cc1OC)CC1CCCO1.O=C(O)CC(O)(CC(=O)O)C(=O)O. The predicted molar refractivity (Wildman–Crippen MR) is 138 cm³/mol. The molecule has 1 fully saturated rings. The van der Waals surface area contributed by atoms with Gasteiger partial charge in [-0.05, 0) is 25.8 Å². The molecular formula is C26H37N3O10. The fraction of sp³-hybridized carbons (Fsp3) is 0.538. The molecule has 0 amide bonds. The first-order valence-corrected chi connectivity index (χ1v) is 12.4. The maximum absolute atomic E-state index is 10.3. The van der Waals surface area contributed by atoms with Crippen molar-refractivity contribution in [1.82, 2.24) is 14.5 Å². The van der Waals surface area contributed by atoms with Crippen LogP contribution in [-0.2, 0) is 38.8 Å². The molecule has 1 aliphatic heterocycles. The van der Waals surface area contributed by atoms with Crippen LogP contribution in [0.4, 0.5) is 0 Å². The maximum Gasteiger partial charge on any atom is 0.336 e. The highest BCUT2D eigenvalue weighted by Gasteiger charge is 2.40. The van der Waals surface area contributed by atoms with Gasteiger partial charge in [0.05, 0.1) is 45.2 Å². The van der Waals surface area contributed by atoms with Gasteiger partial charge in [-0.15, -0.1) is 0 Å². The number of imidazole rings is 1. The number of ether oxygens (including phenoxy) is 3. The molecule has 4 N–H and O–H groups in total. The average molecular weight is 552 g/mol. The minimum Gasteiger partial charge on any atom is -0.497 e. The molecule has 1 unspecified atom stereocenters. The number of carbonyl (C=O) groups is 3. The standard InChI is InChI=1S/C20H29N3O3.C6H8O7/c1-4-23-15-21-11-17(23)13-22(14-19-6-5-9-26-19)12-16-7-8-18(24-2)10-20(16)25-3;7-3(8)1-6(13,5(11)12)2-4(9)10/h7-8,10-11,15,19H,4-6,9,12-14H2,1-3H3;13H,1-2H2,(H,7,8)(H,9,10)(H,11,12). The van der Waals surface area contributed by atoms with E-state index in [0.29, 0.717) is 6.10 Å². The van der Waals surface area contributed by atoms with Crippen LogP contribution in [0.25, 0.3) is 0 Å². The van der Waals surface area contributed by atoms with E-state index >= 15 is 0 Å². The Kier molecular flexibility index (Phi) is 12.2. The van der Waals surface area contributed by atoms with Gasteiger partial charge in [-0.1, -0.05) is 6.07 Å². The minimum absolute atomic E-state index is 0.303. The van der Waals surface area contributed by atoms with Gasteiger partial charge in [-0.25, -0.2) is 9.78 Å². The third kappa shape index (κ3) is 9.85. The highest BCUT2D eigenvalue weighted by Crippen LogP contribution is 2.27. The Hall–Kier alpha value is -3.68. The van der Waals surface area contributed by atoms with Crippen molar-refractivity contribution < 1.29 is 49.0 Å². The van der Waals surface area contributed by atoms with Crippen molar-refractivity contribution in [3.8, 4) is 11.5 Å². The van der Waals surface area contributed by atoms with Crippen LogP contribution in [0.2, 0.25) is 0 Å². The van der Waals surface area contributed by atoms with E-state index in [1.165, 1.54) is 5.69 Å². The molecule has 0 saturated carbocycles. The van der Waals surface area contributed by atoms with E-state index in [4.69, 9.17) is 34.6 Å². The number of benzene rings is 1. The summed E-state index contributed by atoms with van der Waals surface area (Å²) in [5, 5.41) is 33.8. The summed E-state index contributed by atoms with van der Waals surface area (Å²) in [6, 6.07) is 6.01. The van der Waals surface area contributed by atoms with E-state index in [9.17, 15) is 14.4 Å². The van der Waals surface area contributed by atoms with E-state index in [1.54, 1.807) is 14.2 Å². The molecule has 3 rings (SSSR count). The summed E-state index contributed by atoms with van der Waals surface area (Å²) in [6.07, 6.45) is 4.14. The minimum atomic E-state index is -2.74. The molecule has 13 nitrogen and oxygen atoms in total. The monoisotopic (exact) mass is 551 g/mol. The van der Waals surface area contributed by atoms with Gasteiger partial charge in [0.2, 0.25) is 0 Å². The summed E-state index contributed by atoms with van der Waals surface area (Å²) in [6.45, 7) is 6.48. The second-order valence-corrected chi connectivity index (χ2v) is 9.13. The number of nitrogens with zero attached hydrogens (tertiary/aromatic N) is 3. The highest BCUT2D eigenvalue weighted by atomic mass is 16.5. The summed E-state index contributed by atoms with van der Waals surface area (Å²) in [5.41, 5.74) is -0.371. The fourth-order valence-corrected chi connectivity index (χ4v) is 4.19. The summed E-state index contributed by atoms with van der Waals surface area (Å²) in [7, 11) is 3.37. The Morgan fingerprint density at radius 3 is 2.33 bits per heavy atom. The third-order valence-corrected chi connectivity index (χ3v) is 6.18. The van der Waals surface area contributed by atoms with Gasteiger partial charge in [-0.3, -0.25) is 14.5 Å². The first-order chi connectivity index (χ1) is 18.5. The molecule has 0 bridgehead atoms. The Balaban J connectivity index is 0.000000349. The first-order valence-electron chi connectivity index (χ1n) is 12.4. The molecule has 2 heterocycles. The Labute approximate surface area is 226 Å². The molecule has 1 atom stereocenters. The van der Waals surface area contributed by atoms with Crippen molar-refractivity contribution in [2.75, 3.05) is 27.4 Å². The van der Waals surface area contributed by atoms with Gasteiger partial charge in [0.15, 0.2) is 5.60 Å². The van der Waals surface area contributed by atoms with Crippen LogP contribution in [0.3, 0.4) is 0 Å². The van der Waals surface area contributed by atoms with Crippen LogP contribution in [0.1, 0.15) is 43.9 Å². The van der Waals surface area contributed by atoms with Crippen LogP contribution >= 0.6 is 0 Å². The predicted octanol–water partition coefficient (Wildman–Crippen LogP) is 1.85. The number of aryl methyl sites for hydroxylation is 1. The molecule has 1 aromatic heterocycles. The van der Waals surface area contributed by atoms with Crippen molar-refractivity contribution in [3.05, 3.63) is 42.0 Å². The zero-order valence-electron chi connectivity index (χ0n) is 22.4. The number of carboxylic acids is 3. The number of hydrogen-bond donors (Lipinski definition) is 4. The number of aliphatic hydroxyl groups is 1. The molecule has 39 heavy (non-hydrogen) atoms. The van der Waals surface area contributed by atoms with Crippen molar-refractivity contribution in [2.24, 2.45) is 0 Å². The van der Waals surface area contributed by atoms with Crippen molar-refractivity contribution in [1.29, 1.82) is 0 Å². The van der Waals surface area contributed by atoms with Gasteiger partial charge in [-0.2, -0.15) is 0 Å². The molecular weight excluding hydrogens is 514 g/mol. The van der Waals surface area contributed by atoms with E-state index < -0.39 is 36.4 Å². The lowest BCUT2D eigenvalue weighted by Crippen LogP contribution is -2.42. The number of carboxylic acid groups (broad SMARTS) is 3. The fourth-order valence-electron chi connectivity index (χ4n) is 4.19. The summed E-state index contributed by atoms with van der Waals surface area (Å²) in [5.74, 6) is -3.36. The number of rotatable bonds is 14. The number of methoxy groups -OCH3 is 2. The lowest BCUT2D eigenvalue weighted by Gasteiger charge is -2.26. The van der Waals surface area contributed by atoms with Crippen LogP contribution in [0.5, 0.6) is 11.5 Å². The zero-order chi connectivity index (χ0) is 29.0. The number of hydrogen-bond acceptors (Lipinski definition) is 9. The second kappa shape index (κ2) is 15.0. The molecule has 0 radical (unpaired) electrons. The van der Waals surface area contributed by atoms with Gasteiger partial charge in [0.25, 0.3) is 0 Å². The molecule has 0 aliphatic carbocycles. The molecule has 1 aliphatic rings. The molecule has 13 heteroatoms. The Morgan fingerprint density at radius 2 is 1.82 bits per heavy atom. The zero-order valence-corrected chi connectivity index (χ0v) is 22.4. The van der Waals surface area contributed by atoms with E-state index in [-0.39, 0.29) is 0 Å². The highest BCUT2D eigenvalue weighted by molar-refractivity contribution is 5.88. The van der Waals surface area contributed by atoms with Crippen LogP contribution in [-0.4, -0.2) is 91.9 Å². The van der Waals surface area contributed by atoms with Gasteiger partial charge >= 0.3 is 17.9 Å². The largest absolute Gasteiger partial charge is 0.497 e. The van der Waals surface area contributed by atoms with Crippen molar-refractivity contribution >= 4 is 17.9 Å². The van der Waals surface area contributed by atoms with E-state index in [1.807, 2.05) is 24.7 Å². The lowest BCUT2D eigenvalue weighted by atomic mass is 9.96. The van der Waals surface area contributed by atoms with Crippen LogP contribution in [0, 0.1) is 0 Å². The van der Waals surface area contributed by atoms with E-state index in [2.05, 4.69) is 27.4 Å². The molecule has 1 aromatic carbocycles. The van der Waals surface area contributed by atoms with Gasteiger partial charge in [0.1, 0.15) is 11.5 Å². The van der Waals surface area contributed by atoms with Crippen LogP contribution < -0.4 is 9.47 Å². The van der Waals surface area contributed by atoms with Gasteiger partial charge in [0, 0.05) is 50.6 Å². The normalized spacial score (nSPS) is 14.9. The summed E-state index contributed by atoms with van der Waals surface area (Å²) >= 11 is 0. The number of aromatic nitrogens is 2. The molecule has 2 aromatic rings. The number of aliphatic carboxylic acids is 3. The first kappa shape index (κ1) is 31.5. The molecule has 0 spiro atoms. The van der Waals surface area contributed by atoms with Gasteiger partial charge < -0.3 is 39.2 Å². The second-order valence-electron chi connectivity index (χ2n) is 9.13. The average Bonchev–Trinajstić information content (AvgIpc) is 3.55. The molecule has 216 valence electrons. The Bertz CT molecular complexity index is 1080. The quantitative estimate of drug-likeness (QED) is 0.268. The lowest BCUT2D eigenvalue weighted by molar-refractivity contribution is -0.170. The van der Waals surface area contributed by atoms with Crippen molar-refractivity contribution in [3.63, 3.8) is 0 Å². The topological polar surface area (TPSA) is 181 Å². The summed E-state index contributed by atoms with van der Waals surface area (Å²) in [4.78, 5) is 37.2. The van der Waals surface area contributed by atoms with E-state index in [0.717, 1.165) is 62.7 Å². The summed E-state index contributed by atoms with van der Waals surface area (Å²) < 4.78 is 19.0. The smallest absolute Gasteiger partial charge is 0.336 e. The van der Waals surface area contributed by atoms with Crippen molar-refractivity contribution in [2.45, 2.75) is 63.9 Å². The third-order valence-electron chi connectivity index (χ3n) is 6.18.